The number of nitrogens with one attached hydrogen (secondary N) is 1. The lowest BCUT2D eigenvalue weighted by atomic mass is 9.82. The summed E-state index contributed by atoms with van der Waals surface area (Å²) >= 11 is 0. The highest BCUT2D eigenvalue weighted by atomic mass is 19.1. The molecule has 2 heteroatoms. The van der Waals surface area contributed by atoms with E-state index in [0.29, 0.717) is 0 Å². The number of hydrogen-bond donors (Lipinski definition) is 1. The maximum absolute atomic E-state index is 13.8. The van der Waals surface area contributed by atoms with Crippen LogP contribution in [0.15, 0.2) is 24.3 Å². The number of benzene rings is 1. The number of halogens is 1. The van der Waals surface area contributed by atoms with E-state index in [1.54, 1.807) is 12.1 Å². The van der Waals surface area contributed by atoms with E-state index < -0.39 is 0 Å². The molecule has 1 atom stereocenters. The molecule has 0 radical (unpaired) electrons. The first-order valence-corrected chi connectivity index (χ1v) is 7.24. The van der Waals surface area contributed by atoms with Crippen LogP contribution in [-0.2, 0) is 6.42 Å². The van der Waals surface area contributed by atoms with Crippen molar-refractivity contribution in [3.8, 4) is 0 Å². The van der Waals surface area contributed by atoms with Crippen LogP contribution in [0.2, 0.25) is 0 Å². The van der Waals surface area contributed by atoms with Crippen LogP contribution in [0, 0.1) is 5.82 Å². The van der Waals surface area contributed by atoms with E-state index in [-0.39, 0.29) is 11.4 Å². The van der Waals surface area contributed by atoms with Gasteiger partial charge in [0.05, 0.1) is 0 Å². The first-order valence-electron chi connectivity index (χ1n) is 7.24. The third-order valence-corrected chi connectivity index (χ3v) is 4.05. The summed E-state index contributed by atoms with van der Waals surface area (Å²) in [5, 5.41) is 3.71. The molecule has 0 spiro atoms. The monoisotopic (exact) mass is 249 g/mol. The predicted molar refractivity (Wildman–Crippen MR) is 74.2 cm³/mol. The first kappa shape index (κ1) is 13.5. The summed E-state index contributed by atoms with van der Waals surface area (Å²) in [4.78, 5) is 0. The second-order valence-electron chi connectivity index (χ2n) is 5.54. The van der Waals surface area contributed by atoms with E-state index in [2.05, 4.69) is 12.2 Å². The Kier molecular flexibility index (Phi) is 4.76. The van der Waals surface area contributed by atoms with Crippen molar-refractivity contribution in [3.63, 3.8) is 0 Å². The molecule has 1 saturated heterocycles. The summed E-state index contributed by atoms with van der Waals surface area (Å²) in [5.41, 5.74) is 0.980. The molecule has 1 fully saturated rings. The van der Waals surface area contributed by atoms with Crippen molar-refractivity contribution in [2.24, 2.45) is 0 Å². The van der Waals surface area contributed by atoms with Gasteiger partial charge in [0.15, 0.2) is 0 Å². The molecule has 100 valence electrons. The van der Waals surface area contributed by atoms with Crippen molar-refractivity contribution >= 4 is 0 Å². The summed E-state index contributed by atoms with van der Waals surface area (Å²) in [6.07, 6.45) is 8.12. The fourth-order valence-electron chi connectivity index (χ4n) is 3.14. The Bertz CT molecular complexity index is 367. The van der Waals surface area contributed by atoms with Crippen LogP contribution in [0.3, 0.4) is 0 Å². The second kappa shape index (κ2) is 6.33. The van der Waals surface area contributed by atoms with Crippen LogP contribution in [0.25, 0.3) is 0 Å². The van der Waals surface area contributed by atoms with E-state index in [4.69, 9.17) is 0 Å². The van der Waals surface area contributed by atoms with Crippen molar-refractivity contribution in [3.05, 3.63) is 35.6 Å². The third-order valence-electron chi connectivity index (χ3n) is 4.05. The fraction of sp³-hybridized carbons (Fsp3) is 0.625. The van der Waals surface area contributed by atoms with Gasteiger partial charge >= 0.3 is 0 Å². The average molecular weight is 249 g/mol. The summed E-state index contributed by atoms with van der Waals surface area (Å²) in [6, 6.07) is 7.21. The Morgan fingerprint density at radius 1 is 1.22 bits per heavy atom. The maximum atomic E-state index is 13.8. The third kappa shape index (κ3) is 3.32. The van der Waals surface area contributed by atoms with Crippen LogP contribution in [-0.4, -0.2) is 12.1 Å². The highest BCUT2D eigenvalue weighted by Gasteiger charge is 2.30. The largest absolute Gasteiger partial charge is 0.311 e. The van der Waals surface area contributed by atoms with Gasteiger partial charge in [-0.2, -0.15) is 0 Å². The van der Waals surface area contributed by atoms with Gasteiger partial charge in [-0.15, -0.1) is 0 Å². The normalized spacial score (nSPS) is 24.8. The van der Waals surface area contributed by atoms with Crippen molar-refractivity contribution in [1.29, 1.82) is 0 Å². The molecule has 1 aliphatic heterocycles. The molecule has 1 aromatic carbocycles. The van der Waals surface area contributed by atoms with Crippen LogP contribution in [0.5, 0.6) is 0 Å². The Morgan fingerprint density at radius 2 is 2.06 bits per heavy atom. The molecule has 1 N–H and O–H groups in total. The van der Waals surface area contributed by atoms with Gasteiger partial charge in [0.25, 0.3) is 0 Å². The number of hydrogen-bond acceptors (Lipinski definition) is 1. The van der Waals surface area contributed by atoms with E-state index in [1.807, 2.05) is 12.1 Å². The quantitative estimate of drug-likeness (QED) is 0.848. The molecular formula is C16H24FN. The molecular weight excluding hydrogens is 225 g/mol. The lowest BCUT2D eigenvalue weighted by Crippen LogP contribution is -2.46. The van der Waals surface area contributed by atoms with Gasteiger partial charge in [0, 0.05) is 5.54 Å². The van der Waals surface area contributed by atoms with E-state index in [0.717, 1.165) is 31.4 Å². The topological polar surface area (TPSA) is 12.0 Å². The summed E-state index contributed by atoms with van der Waals surface area (Å²) < 4.78 is 13.8. The lowest BCUT2D eigenvalue weighted by molar-refractivity contribution is 0.285. The fourth-order valence-corrected chi connectivity index (χ4v) is 3.14. The van der Waals surface area contributed by atoms with Crippen LogP contribution in [0.4, 0.5) is 4.39 Å². The molecule has 0 aliphatic carbocycles. The molecule has 18 heavy (non-hydrogen) atoms. The summed E-state index contributed by atoms with van der Waals surface area (Å²) in [6.45, 7) is 3.30. The maximum Gasteiger partial charge on any atom is 0.126 e. The zero-order valence-electron chi connectivity index (χ0n) is 11.3. The van der Waals surface area contributed by atoms with E-state index >= 15 is 0 Å². The van der Waals surface area contributed by atoms with Gasteiger partial charge < -0.3 is 5.32 Å². The Hall–Kier alpha value is -0.890. The van der Waals surface area contributed by atoms with Gasteiger partial charge in [-0.25, -0.2) is 4.39 Å². The minimum Gasteiger partial charge on any atom is -0.311 e. The summed E-state index contributed by atoms with van der Waals surface area (Å²) in [7, 11) is 0. The summed E-state index contributed by atoms with van der Waals surface area (Å²) in [5.74, 6) is -0.0565. The van der Waals surface area contributed by atoms with Crippen molar-refractivity contribution < 1.29 is 4.39 Å². The molecule has 1 aliphatic rings. The highest BCUT2D eigenvalue weighted by Crippen LogP contribution is 2.28. The molecule has 1 aromatic rings. The van der Waals surface area contributed by atoms with Gasteiger partial charge in [0.2, 0.25) is 0 Å². The zero-order chi connectivity index (χ0) is 12.8. The molecule has 0 amide bonds. The smallest absolute Gasteiger partial charge is 0.126 e. The molecule has 1 unspecified atom stereocenters. The van der Waals surface area contributed by atoms with Crippen LogP contribution >= 0.6 is 0 Å². The Morgan fingerprint density at radius 3 is 2.83 bits per heavy atom. The second-order valence-corrected chi connectivity index (χ2v) is 5.54. The van der Waals surface area contributed by atoms with Crippen LogP contribution < -0.4 is 5.32 Å². The van der Waals surface area contributed by atoms with Gasteiger partial charge in [-0.1, -0.05) is 44.4 Å². The highest BCUT2D eigenvalue weighted by molar-refractivity contribution is 5.20. The number of rotatable bonds is 4. The van der Waals surface area contributed by atoms with Gasteiger partial charge in [-0.3, -0.25) is 0 Å². The molecule has 2 rings (SSSR count). The van der Waals surface area contributed by atoms with Crippen molar-refractivity contribution in [1.82, 2.24) is 5.32 Å². The van der Waals surface area contributed by atoms with Crippen molar-refractivity contribution in [2.45, 2.75) is 57.4 Å². The van der Waals surface area contributed by atoms with Gasteiger partial charge in [-0.05, 0) is 43.9 Å². The SMILES string of the molecule is CCCC1(Cc2ccccc2F)CCCCCN1. The van der Waals surface area contributed by atoms with E-state index in [9.17, 15) is 4.39 Å². The zero-order valence-corrected chi connectivity index (χ0v) is 11.3. The molecule has 1 nitrogen and oxygen atoms in total. The molecule has 0 bridgehead atoms. The Balaban J connectivity index is 2.16. The molecule has 0 saturated carbocycles. The molecule has 0 aromatic heterocycles. The minimum absolute atomic E-state index is 0.0565. The van der Waals surface area contributed by atoms with Crippen LogP contribution in [0.1, 0.15) is 51.0 Å². The van der Waals surface area contributed by atoms with Gasteiger partial charge in [0.1, 0.15) is 5.82 Å². The minimum atomic E-state index is -0.0565. The average Bonchev–Trinajstić information content (AvgIpc) is 2.59. The van der Waals surface area contributed by atoms with Crippen molar-refractivity contribution in [2.75, 3.05) is 6.54 Å². The lowest BCUT2D eigenvalue weighted by Gasteiger charge is -2.34. The van der Waals surface area contributed by atoms with E-state index in [1.165, 1.54) is 25.7 Å². The first-order chi connectivity index (χ1) is 8.76. The standard InChI is InChI=1S/C16H24FN/c1-2-10-16(11-6-3-7-12-18-16)13-14-8-4-5-9-15(14)17/h4-5,8-9,18H,2-3,6-7,10-13H2,1H3. The Labute approximate surface area is 110 Å². The molecule has 1 heterocycles. The predicted octanol–water partition coefficient (Wildman–Crippen LogP) is 4.07.